The number of rotatable bonds is 6. The third-order valence-corrected chi connectivity index (χ3v) is 9.09. The Morgan fingerprint density at radius 1 is 1.18 bits per heavy atom. The van der Waals surface area contributed by atoms with Crippen molar-refractivity contribution in [3.05, 3.63) is 24.5 Å². The van der Waals surface area contributed by atoms with E-state index in [9.17, 15) is 13.2 Å². The lowest BCUT2D eigenvalue weighted by atomic mass is 10.1. The van der Waals surface area contributed by atoms with E-state index < -0.39 is 21.1 Å². The summed E-state index contributed by atoms with van der Waals surface area (Å²) in [6.45, 7) is 7.14. The first kappa shape index (κ1) is 22.6. The number of nitrogens with one attached hydrogen (secondary N) is 1. The number of aryl methyl sites for hydroxylation is 2. The van der Waals surface area contributed by atoms with Crippen LogP contribution in [-0.2, 0) is 21.2 Å². The molecule has 0 saturated carbocycles. The van der Waals surface area contributed by atoms with Crippen molar-refractivity contribution in [2.24, 2.45) is 5.92 Å². The van der Waals surface area contributed by atoms with Crippen LogP contribution in [0.4, 0.5) is 5.82 Å². The van der Waals surface area contributed by atoms with Gasteiger partial charge in [0.15, 0.2) is 26.8 Å². The zero-order valence-electron chi connectivity index (χ0n) is 19.5. The van der Waals surface area contributed by atoms with E-state index in [0.29, 0.717) is 54.6 Å². The second-order valence-corrected chi connectivity index (χ2v) is 11.2. The Kier molecular flexibility index (Phi) is 5.70. The third-order valence-electron chi connectivity index (χ3n) is 6.83. The summed E-state index contributed by atoms with van der Waals surface area (Å²) in [5.74, 6) is 1.98. The first-order valence-electron chi connectivity index (χ1n) is 11.6. The van der Waals surface area contributed by atoms with Crippen LogP contribution in [0.15, 0.2) is 18.7 Å². The van der Waals surface area contributed by atoms with Gasteiger partial charge in [-0.3, -0.25) is 4.79 Å². The number of anilines is 1. The molecule has 34 heavy (non-hydrogen) atoms. The van der Waals surface area contributed by atoms with Crippen molar-refractivity contribution in [1.82, 2.24) is 34.4 Å². The van der Waals surface area contributed by atoms with E-state index >= 15 is 0 Å². The monoisotopic (exact) mass is 484 g/mol. The van der Waals surface area contributed by atoms with Crippen LogP contribution in [0.25, 0.3) is 22.6 Å². The normalized spacial score (nSPS) is 22.1. The van der Waals surface area contributed by atoms with E-state index in [2.05, 4.69) is 25.3 Å². The molecule has 1 amide bonds. The second kappa shape index (κ2) is 8.57. The molecule has 3 unspecified atom stereocenters. The maximum Gasteiger partial charge on any atom is 0.245 e. The van der Waals surface area contributed by atoms with Crippen molar-refractivity contribution < 1.29 is 13.2 Å². The molecule has 180 valence electrons. The van der Waals surface area contributed by atoms with Gasteiger partial charge in [-0.15, -0.1) is 0 Å². The van der Waals surface area contributed by atoms with Gasteiger partial charge in [-0.25, -0.2) is 33.3 Å². The molecule has 2 aliphatic rings. The number of hydrogen-bond donors (Lipinski definition) is 1. The van der Waals surface area contributed by atoms with Gasteiger partial charge in [0.2, 0.25) is 5.91 Å². The maximum absolute atomic E-state index is 13.3. The molecule has 11 nitrogen and oxygen atoms in total. The Morgan fingerprint density at radius 3 is 2.62 bits per heavy atom. The highest BCUT2D eigenvalue weighted by atomic mass is 32.2. The molecule has 5 heterocycles. The van der Waals surface area contributed by atoms with E-state index in [0.717, 1.165) is 5.56 Å². The fourth-order valence-corrected chi connectivity index (χ4v) is 7.12. The van der Waals surface area contributed by atoms with Crippen molar-refractivity contribution >= 4 is 32.7 Å². The van der Waals surface area contributed by atoms with Crippen LogP contribution in [-0.4, -0.2) is 78.8 Å². The molecule has 0 aromatic carbocycles. The maximum atomic E-state index is 13.3. The smallest absolute Gasteiger partial charge is 0.245 e. The van der Waals surface area contributed by atoms with Crippen molar-refractivity contribution in [2.45, 2.75) is 51.4 Å². The minimum absolute atomic E-state index is 0.0387. The predicted molar refractivity (Wildman–Crippen MR) is 127 cm³/mol. The number of imidazole rings is 1. The third kappa shape index (κ3) is 3.79. The lowest BCUT2D eigenvalue weighted by Crippen LogP contribution is -2.42. The zero-order valence-corrected chi connectivity index (χ0v) is 20.3. The number of aromatic nitrogens is 6. The van der Waals surface area contributed by atoms with Crippen molar-refractivity contribution in [3.8, 4) is 11.4 Å². The van der Waals surface area contributed by atoms with Crippen LogP contribution in [0.3, 0.4) is 0 Å². The quantitative estimate of drug-likeness (QED) is 0.551. The number of amides is 1. The fourth-order valence-electron chi connectivity index (χ4n) is 4.97. The highest BCUT2D eigenvalue weighted by Gasteiger charge is 2.48. The lowest BCUT2D eigenvalue weighted by Gasteiger charge is -2.24. The molecule has 0 bridgehead atoms. The fraction of sp³-hybridized carbons (Fsp3) is 0.545. The van der Waals surface area contributed by atoms with Gasteiger partial charge in [0.1, 0.15) is 24.0 Å². The van der Waals surface area contributed by atoms with E-state index in [1.807, 2.05) is 25.3 Å². The molecule has 5 rings (SSSR count). The second-order valence-electron chi connectivity index (χ2n) is 8.90. The summed E-state index contributed by atoms with van der Waals surface area (Å²) in [5.41, 5.74) is 1.98. The van der Waals surface area contributed by atoms with Crippen molar-refractivity contribution in [2.75, 3.05) is 24.2 Å². The van der Waals surface area contributed by atoms with Gasteiger partial charge in [-0.1, -0.05) is 6.92 Å². The van der Waals surface area contributed by atoms with E-state index in [4.69, 9.17) is 4.98 Å². The number of nitrogens with zero attached hydrogens (tertiary/aromatic N) is 7. The first-order chi connectivity index (χ1) is 16.3. The number of fused-ring (bicyclic) bond motifs is 2. The summed E-state index contributed by atoms with van der Waals surface area (Å²) < 4.78 is 26.6. The average Bonchev–Trinajstić information content (AvgIpc) is 3.50. The van der Waals surface area contributed by atoms with Gasteiger partial charge < -0.3 is 14.8 Å². The number of carbonyl (C=O) groups excluding carboxylic acids is 1. The Hall–Kier alpha value is -3.15. The SMILES string of the molecule is CCC(Nc1ncnc2c1nc(-c1cnc(C)nc1)n2CC)C(=O)N1CC2CCS(=O)(=O)C2C1. The zero-order chi connectivity index (χ0) is 24.0. The van der Waals surface area contributed by atoms with Gasteiger partial charge in [0.05, 0.1) is 16.6 Å². The molecule has 2 fully saturated rings. The van der Waals surface area contributed by atoms with Gasteiger partial charge in [-0.2, -0.15) is 0 Å². The van der Waals surface area contributed by atoms with Gasteiger partial charge in [0, 0.05) is 32.0 Å². The van der Waals surface area contributed by atoms with E-state index in [1.165, 1.54) is 6.33 Å². The van der Waals surface area contributed by atoms with Crippen LogP contribution in [0.1, 0.15) is 32.5 Å². The van der Waals surface area contributed by atoms with E-state index in [-0.39, 0.29) is 24.1 Å². The Bertz CT molecular complexity index is 1340. The molecule has 3 aromatic rings. The summed E-state index contributed by atoms with van der Waals surface area (Å²) >= 11 is 0. The molecule has 2 saturated heterocycles. The summed E-state index contributed by atoms with van der Waals surface area (Å²) in [4.78, 5) is 37.2. The average molecular weight is 485 g/mol. The van der Waals surface area contributed by atoms with Crippen LogP contribution in [0.2, 0.25) is 0 Å². The Labute approximate surface area is 198 Å². The number of sulfone groups is 1. The number of hydrogen-bond acceptors (Lipinski definition) is 9. The van der Waals surface area contributed by atoms with Gasteiger partial charge >= 0.3 is 0 Å². The predicted octanol–water partition coefficient (Wildman–Crippen LogP) is 1.45. The summed E-state index contributed by atoms with van der Waals surface area (Å²) in [5, 5.41) is 2.83. The van der Waals surface area contributed by atoms with E-state index in [1.54, 1.807) is 17.3 Å². The molecule has 1 N–H and O–H groups in total. The van der Waals surface area contributed by atoms with Crippen LogP contribution < -0.4 is 5.32 Å². The van der Waals surface area contributed by atoms with Crippen LogP contribution >= 0.6 is 0 Å². The van der Waals surface area contributed by atoms with Crippen molar-refractivity contribution in [3.63, 3.8) is 0 Å². The highest BCUT2D eigenvalue weighted by molar-refractivity contribution is 7.92. The standard InChI is InChI=1S/C22H28N8O3S/c1-4-16(22(31)29-10-14-6-7-34(32,33)17(14)11-29)27-19-18-21(26-12-25-19)30(5-2)20(28-18)15-8-23-13(3)24-9-15/h8-9,12,14,16-17H,4-7,10-11H2,1-3H3,(H,25,26,27). The van der Waals surface area contributed by atoms with Crippen LogP contribution in [0, 0.1) is 12.8 Å². The largest absolute Gasteiger partial charge is 0.356 e. The number of likely N-dealkylation sites (tertiary alicyclic amines) is 1. The highest BCUT2D eigenvalue weighted by Crippen LogP contribution is 2.34. The molecular formula is C22H28N8O3S. The van der Waals surface area contributed by atoms with Crippen LogP contribution in [0.5, 0.6) is 0 Å². The molecule has 12 heteroatoms. The summed E-state index contributed by atoms with van der Waals surface area (Å²) in [6.07, 6.45) is 6.07. The minimum Gasteiger partial charge on any atom is -0.356 e. The Morgan fingerprint density at radius 2 is 1.94 bits per heavy atom. The number of carbonyl (C=O) groups is 1. The van der Waals surface area contributed by atoms with Gasteiger partial charge in [0.25, 0.3) is 0 Å². The summed E-state index contributed by atoms with van der Waals surface area (Å²) in [6, 6.07) is -0.544. The molecule has 2 aliphatic heterocycles. The van der Waals surface area contributed by atoms with Gasteiger partial charge in [-0.05, 0) is 32.6 Å². The molecule has 0 spiro atoms. The minimum atomic E-state index is -3.10. The summed E-state index contributed by atoms with van der Waals surface area (Å²) in [7, 11) is -3.10. The topological polar surface area (TPSA) is 136 Å². The molecule has 3 atom stereocenters. The Balaban J connectivity index is 1.43. The molecule has 3 aromatic heterocycles. The molecule has 0 aliphatic carbocycles. The van der Waals surface area contributed by atoms with Crippen molar-refractivity contribution in [1.29, 1.82) is 0 Å². The lowest BCUT2D eigenvalue weighted by molar-refractivity contribution is -0.131. The molecular weight excluding hydrogens is 456 g/mol. The molecule has 0 radical (unpaired) electrons. The first-order valence-corrected chi connectivity index (χ1v) is 13.3.